The molecule has 1 aliphatic heterocycles. The maximum Gasteiger partial charge on any atom is 0.253 e. The number of carbonyl (C=O) groups is 1. The number of carbonyl (C=O) groups excluding carboxylic acids is 1. The van der Waals surface area contributed by atoms with Crippen LogP contribution in [0.2, 0.25) is 0 Å². The summed E-state index contributed by atoms with van der Waals surface area (Å²) in [7, 11) is 0. The summed E-state index contributed by atoms with van der Waals surface area (Å²) >= 11 is 0. The van der Waals surface area contributed by atoms with Gasteiger partial charge in [0.2, 0.25) is 0 Å². The highest BCUT2D eigenvalue weighted by Crippen LogP contribution is 2.09. The Hall–Kier alpha value is -1.86. The summed E-state index contributed by atoms with van der Waals surface area (Å²) in [5.74, 6) is 0.157. The quantitative estimate of drug-likeness (QED) is 0.826. The molecule has 0 radical (unpaired) electrons. The molecule has 1 fully saturated rings. The third-order valence-electron chi connectivity index (χ3n) is 3.43. The molecule has 1 aromatic rings. The van der Waals surface area contributed by atoms with E-state index in [1.165, 1.54) is 0 Å². The Morgan fingerprint density at radius 1 is 1.26 bits per heavy atom. The van der Waals surface area contributed by atoms with Crippen LogP contribution in [-0.4, -0.2) is 48.4 Å². The fraction of sp³-hybridized carbons (Fsp3) is 0.467. The molecule has 1 atom stereocenters. The first-order valence-electron chi connectivity index (χ1n) is 6.67. The standard InChI is InChI=1S/C15H19N3O/c1-13(11-16)12-17-7-9-18(10-8-17)15(19)14-5-3-2-4-6-14/h2-6,13H,7-10,12H2,1H3/t13-/m1/s1. The van der Waals surface area contributed by atoms with Crippen LogP contribution in [0.15, 0.2) is 30.3 Å². The van der Waals surface area contributed by atoms with Gasteiger partial charge in [-0.05, 0) is 19.1 Å². The topological polar surface area (TPSA) is 47.3 Å². The van der Waals surface area contributed by atoms with Gasteiger partial charge in [-0.1, -0.05) is 18.2 Å². The molecule has 1 aromatic carbocycles. The highest BCUT2D eigenvalue weighted by Gasteiger charge is 2.22. The monoisotopic (exact) mass is 257 g/mol. The average Bonchev–Trinajstić information content (AvgIpc) is 2.48. The summed E-state index contributed by atoms with van der Waals surface area (Å²) in [5, 5.41) is 8.81. The fourth-order valence-corrected chi connectivity index (χ4v) is 2.32. The minimum absolute atomic E-state index is 0.0522. The second kappa shape index (κ2) is 6.35. The summed E-state index contributed by atoms with van der Waals surface area (Å²) in [6.07, 6.45) is 0. The van der Waals surface area contributed by atoms with E-state index in [1.807, 2.05) is 42.2 Å². The molecule has 1 amide bonds. The van der Waals surface area contributed by atoms with Crippen molar-refractivity contribution in [2.75, 3.05) is 32.7 Å². The molecule has 1 heterocycles. The van der Waals surface area contributed by atoms with E-state index in [9.17, 15) is 4.79 Å². The summed E-state index contributed by atoms with van der Waals surface area (Å²) in [4.78, 5) is 16.4. The van der Waals surface area contributed by atoms with Crippen molar-refractivity contribution in [2.45, 2.75) is 6.92 Å². The Bertz CT molecular complexity index is 458. The Kier molecular flexibility index (Phi) is 4.53. The fourth-order valence-electron chi connectivity index (χ4n) is 2.32. The Morgan fingerprint density at radius 3 is 2.47 bits per heavy atom. The van der Waals surface area contributed by atoms with Gasteiger partial charge in [0.15, 0.2) is 0 Å². The Balaban J connectivity index is 1.87. The van der Waals surface area contributed by atoms with E-state index < -0.39 is 0 Å². The summed E-state index contributed by atoms with van der Waals surface area (Å²) in [5.41, 5.74) is 0.751. The predicted molar refractivity (Wildman–Crippen MR) is 73.6 cm³/mol. The third kappa shape index (κ3) is 3.55. The molecule has 0 N–H and O–H groups in total. The molecule has 1 aliphatic rings. The minimum atomic E-state index is 0.0522. The molecule has 0 aliphatic carbocycles. The van der Waals surface area contributed by atoms with Gasteiger partial charge < -0.3 is 4.90 Å². The second-order valence-corrected chi connectivity index (χ2v) is 4.99. The van der Waals surface area contributed by atoms with E-state index in [2.05, 4.69) is 11.0 Å². The number of amides is 1. The van der Waals surface area contributed by atoms with Crippen molar-refractivity contribution in [3.63, 3.8) is 0 Å². The summed E-state index contributed by atoms with van der Waals surface area (Å²) < 4.78 is 0. The van der Waals surface area contributed by atoms with Crippen molar-refractivity contribution >= 4 is 5.91 Å². The zero-order valence-electron chi connectivity index (χ0n) is 11.2. The number of nitrogens with zero attached hydrogens (tertiary/aromatic N) is 3. The number of nitriles is 1. The molecule has 0 unspecified atom stereocenters. The van der Waals surface area contributed by atoms with Crippen molar-refractivity contribution in [1.82, 2.24) is 9.80 Å². The van der Waals surface area contributed by atoms with Gasteiger partial charge in [-0.25, -0.2) is 0 Å². The largest absolute Gasteiger partial charge is 0.336 e. The lowest BCUT2D eigenvalue weighted by Gasteiger charge is -2.35. The SMILES string of the molecule is C[C@H](C#N)CN1CCN(C(=O)c2ccccc2)CC1. The van der Waals surface area contributed by atoms with Crippen LogP contribution in [0, 0.1) is 17.2 Å². The first kappa shape index (κ1) is 13.6. The van der Waals surface area contributed by atoms with Gasteiger partial charge >= 0.3 is 0 Å². The molecule has 0 bridgehead atoms. The van der Waals surface area contributed by atoms with E-state index in [-0.39, 0.29) is 11.8 Å². The highest BCUT2D eigenvalue weighted by atomic mass is 16.2. The molecule has 19 heavy (non-hydrogen) atoms. The van der Waals surface area contributed by atoms with Crippen LogP contribution >= 0.6 is 0 Å². The second-order valence-electron chi connectivity index (χ2n) is 4.99. The summed E-state index contributed by atoms with van der Waals surface area (Å²) in [6, 6.07) is 11.6. The number of hydrogen-bond acceptors (Lipinski definition) is 3. The number of piperazine rings is 1. The zero-order valence-corrected chi connectivity index (χ0v) is 11.2. The van der Waals surface area contributed by atoms with E-state index in [0.29, 0.717) is 0 Å². The van der Waals surface area contributed by atoms with Crippen LogP contribution in [-0.2, 0) is 0 Å². The van der Waals surface area contributed by atoms with Crippen LogP contribution in [0.1, 0.15) is 17.3 Å². The van der Waals surface area contributed by atoms with Crippen LogP contribution in [0.5, 0.6) is 0 Å². The van der Waals surface area contributed by atoms with Crippen LogP contribution in [0.4, 0.5) is 0 Å². The average molecular weight is 257 g/mol. The molecule has 0 spiro atoms. The molecular weight excluding hydrogens is 238 g/mol. The van der Waals surface area contributed by atoms with Gasteiger partial charge in [-0.2, -0.15) is 5.26 Å². The summed E-state index contributed by atoms with van der Waals surface area (Å²) in [6.45, 7) is 5.91. The highest BCUT2D eigenvalue weighted by molar-refractivity contribution is 5.94. The molecule has 0 aromatic heterocycles. The van der Waals surface area contributed by atoms with Crippen LogP contribution in [0.25, 0.3) is 0 Å². The predicted octanol–water partition coefficient (Wildman–Crippen LogP) is 1.60. The first-order valence-corrected chi connectivity index (χ1v) is 6.67. The van der Waals surface area contributed by atoms with E-state index in [0.717, 1.165) is 38.3 Å². The number of rotatable bonds is 3. The van der Waals surface area contributed by atoms with Crippen molar-refractivity contribution in [3.8, 4) is 6.07 Å². The number of hydrogen-bond donors (Lipinski definition) is 0. The molecule has 4 nitrogen and oxygen atoms in total. The minimum Gasteiger partial charge on any atom is -0.336 e. The van der Waals surface area contributed by atoms with Crippen molar-refractivity contribution in [2.24, 2.45) is 5.92 Å². The molecule has 1 saturated heterocycles. The molecular formula is C15H19N3O. The van der Waals surface area contributed by atoms with E-state index >= 15 is 0 Å². The lowest BCUT2D eigenvalue weighted by atomic mass is 10.1. The first-order chi connectivity index (χ1) is 9.20. The Labute approximate surface area is 114 Å². The normalized spacial score (nSPS) is 17.8. The molecule has 2 rings (SSSR count). The maximum absolute atomic E-state index is 12.2. The van der Waals surface area contributed by atoms with E-state index in [4.69, 9.17) is 5.26 Å². The van der Waals surface area contributed by atoms with E-state index in [1.54, 1.807) is 0 Å². The van der Waals surface area contributed by atoms with Crippen LogP contribution in [0.3, 0.4) is 0 Å². The van der Waals surface area contributed by atoms with Gasteiger partial charge in [-0.3, -0.25) is 9.69 Å². The lowest BCUT2D eigenvalue weighted by molar-refractivity contribution is 0.0629. The zero-order chi connectivity index (χ0) is 13.7. The number of benzene rings is 1. The van der Waals surface area contributed by atoms with Gasteiger partial charge in [0.25, 0.3) is 5.91 Å². The maximum atomic E-state index is 12.2. The molecule has 100 valence electrons. The van der Waals surface area contributed by atoms with Gasteiger partial charge in [-0.15, -0.1) is 0 Å². The van der Waals surface area contributed by atoms with Crippen molar-refractivity contribution in [3.05, 3.63) is 35.9 Å². The van der Waals surface area contributed by atoms with Crippen molar-refractivity contribution in [1.29, 1.82) is 5.26 Å². The molecule has 4 heteroatoms. The Morgan fingerprint density at radius 2 is 1.89 bits per heavy atom. The van der Waals surface area contributed by atoms with Crippen LogP contribution < -0.4 is 0 Å². The van der Waals surface area contributed by atoms with Gasteiger partial charge in [0.05, 0.1) is 12.0 Å². The molecule has 0 saturated carbocycles. The lowest BCUT2D eigenvalue weighted by Crippen LogP contribution is -2.49. The van der Waals surface area contributed by atoms with Crippen molar-refractivity contribution < 1.29 is 4.79 Å². The van der Waals surface area contributed by atoms with Gasteiger partial charge in [0.1, 0.15) is 0 Å². The van der Waals surface area contributed by atoms with Gasteiger partial charge in [0, 0.05) is 38.3 Å². The smallest absolute Gasteiger partial charge is 0.253 e. The third-order valence-corrected chi connectivity index (χ3v) is 3.43.